The van der Waals surface area contributed by atoms with Crippen molar-refractivity contribution in [3.8, 4) is 0 Å². The fourth-order valence-corrected chi connectivity index (χ4v) is 6.09. The van der Waals surface area contributed by atoms with Crippen LogP contribution >= 0.6 is 11.6 Å². The first-order chi connectivity index (χ1) is 15.6. The summed E-state index contributed by atoms with van der Waals surface area (Å²) in [4.78, 5) is 4.72. The van der Waals surface area contributed by atoms with Crippen molar-refractivity contribution in [2.45, 2.75) is 29.1 Å². The maximum absolute atomic E-state index is 13.6. The molecule has 4 nitrogen and oxygen atoms in total. The van der Waals surface area contributed by atoms with Crippen molar-refractivity contribution >= 4 is 27.1 Å². The number of nitrogens with zero attached hydrogens (tertiary/aromatic N) is 2. The molecule has 7 heteroatoms. The molecule has 0 saturated carbocycles. The van der Waals surface area contributed by atoms with Crippen LogP contribution < -0.4 is 4.90 Å². The minimum atomic E-state index is -3.71. The Hall–Kier alpha value is -2.41. The predicted molar refractivity (Wildman–Crippen MR) is 132 cm³/mol. The number of hydrogen-bond donors (Lipinski definition) is 0. The monoisotopic (exact) mass is 486 g/mol. The molecular weight excluding hydrogens is 459 g/mol. The first-order valence-corrected chi connectivity index (χ1v) is 12.8. The van der Waals surface area contributed by atoms with Gasteiger partial charge in [-0.05, 0) is 91.0 Å². The molecular formula is C26H28ClFN2O2S. The highest BCUT2D eigenvalue weighted by Gasteiger charge is 2.25. The fourth-order valence-electron chi connectivity index (χ4n) is 4.28. The summed E-state index contributed by atoms with van der Waals surface area (Å²) in [5, 5.41) is 0.342. The Bertz CT molecular complexity index is 1250. The van der Waals surface area contributed by atoms with Gasteiger partial charge in [0.05, 0.1) is 15.5 Å². The van der Waals surface area contributed by atoms with Gasteiger partial charge in [-0.15, -0.1) is 0 Å². The quantitative estimate of drug-likeness (QED) is 0.509. The molecule has 0 saturated heterocycles. The van der Waals surface area contributed by atoms with Crippen LogP contribution in [-0.4, -0.2) is 47.6 Å². The standard InChI is InChI=1S/C26H28ClFN2O2S/c1-29(2)25-15-20-8-10-30(3)11-9-21(20)16-26(25)33(31,32)24-6-4-18(5-7-24)12-19-13-22(27)17-23(28)14-19/h4-7,13-17H,8-12H2,1-3H3. The van der Waals surface area contributed by atoms with Crippen molar-refractivity contribution in [2.75, 3.05) is 39.1 Å². The second-order valence-corrected chi connectivity index (χ2v) is 11.2. The van der Waals surface area contributed by atoms with Gasteiger partial charge in [0, 0.05) is 32.2 Å². The largest absolute Gasteiger partial charge is 0.377 e. The SMILES string of the molecule is CN1CCc2cc(N(C)C)c(S(=O)(=O)c3ccc(Cc4cc(F)cc(Cl)c4)cc3)cc2CC1. The maximum atomic E-state index is 13.6. The minimum absolute atomic E-state index is 0.248. The molecule has 0 unspecified atom stereocenters. The van der Waals surface area contributed by atoms with E-state index in [2.05, 4.69) is 11.9 Å². The number of halogens is 2. The molecule has 174 valence electrons. The van der Waals surface area contributed by atoms with Gasteiger partial charge in [0.1, 0.15) is 5.82 Å². The van der Waals surface area contributed by atoms with Gasteiger partial charge in [-0.2, -0.15) is 0 Å². The summed E-state index contributed by atoms with van der Waals surface area (Å²) in [5.41, 5.74) is 4.64. The van der Waals surface area contributed by atoms with E-state index in [0.29, 0.717) is 22.0 Å². The lowest BCUT2D eigenvalue weighted by Gasteiger charge is -2.21. The molecule has 0 aliphatic carbocycles. The highest BCUT2D eigenvalue weighted by molar-refractivity contribution is 7.91. The number of fused-ring (bicyclic) bond motifs is 1. The summed E-state index contributed by atoms with van der Waals surface area (Å²) in [6, 6.07) is 15.1. The number of anilines is 1. The first kappa shape index (κ1) is 23.7. The zero-order chi connectivity index (χ0) is 23.8. The number of benzene rings is 3. The molecule has 0 N–H and O–H groups in total. The predicted octanol–water partition coefficient (Wildman–Crippen LogP) is 5.00. The molecule has 3 aromatic rings. The maximum Gasteiger partial charge on any atom is 0.208 e. The van der Waals surface area contributed by atoms with E-state index in [1.54, 1.807) is 30.3 Å². The van der Waals surface area contributed by atoms with Crippen LogP contribution in [0.5, 0.6) is 0 Å². The highest BCUT2D eigenvalue weighted by Crippen LogP contribution is 2.34. The first-order valence-electron chi connectivity index (χ1n) is 10.9. The molecule has 4 rings (SSSR count). The number of likely N-dealkylation sites (N-methyl/N-ethyl adjacent to an activating group) is 1. The Labute approximate surface area is 200 Å². The Morgan fingerprint density at radius 3 is 2.18 bits per heavy atom. The van der Waals surface area contributed by atoms with Gasteiger partial charge >= 0.3 is 0 Å². The van der Waals surface area contributed by atoms with Crippen molar-refractivity contribution in [1.82, 2.24) is 4.90 Å². The molecule has 0 bridgehead atoms. The topological polar surface area (TPSA) is 40.6 Å². The van der Waals surface area contributed by atoms with Crippen molar-refractivity contribution in [1.29, 1.82) is 0 Å². The molecule has 33 heavy (non-hydrogen) atoms. The van der Waals surface area contributed by atoms with Crippen molar-refractivity contribution < 1.29 is 12.8 Å². The van der Waals surface area contributed by atoms with E-state index in [1.165, 1.54) is 17.7 Å². The lowest BCUT2D eigenvalue weighted by molar-refractivity contribution is 0.352. The summed E-state index contributed by atoms with van der Waals surface area (Å²) in [5.74, 6) is -0.387. The van der Waals surface area contributed by atoms with E-state index >= 15 is 0 Å². The minimum Gasteiger partial charge on any atom is -0.377 e. The van der Waals surface area contributed by atoms with E-state index < -0.39 is 9.84 Å². The van der Waals surface area contributed by atoms with E-state index in [-0.39, 0.29) is 10.7 Å². The zero-order valence-corrected chi connectivity index (χ0v) is 20.7. The normalized spacial score (nSPS) is 14.6. The van der Waals surface area contributed by atoms with Gasteiger partial charge in [-0.1, -0.05) is 23.7 Å². The Balaban J connectivity index is 1.68. The van der Waals surface area contributed by atoms with Crippen LogP contribution in [0.3, 0.4) is 0 Å². The Kier molecular flexibility index (Phi) is 6.80. The van der Waals surface area contributed by atoms with Crippen molar-refractivity contribution in [3.63, 3.8) is 0 Å². The third kappa shape index (κ3) is 5.24. The number of sulfone groups is 1. The van der Waals surface area contributed by atoms with Crippen LogP contribution in [0.1, 0.15) is 22.3 Å². The third-order valence-corrected chi connectivity index (χ3v) is 8.16. The molecule has 1 aliphatic rings. The third-order valence-electron chi connectivity index (χ3n) is 6.14. The van der Waals surface area contributed by atoms with E-state index in [4.69, 9.17) is 11.6 Å². The summed E-state index contributed by atoms with van der Waals surface area (Å²) in [6.07, 6.45) is 2.20. The van der Waals surface area contributed by atoms with Gasteiger partial charge in [0.25, 0.3) is 0 Å². The van der Waals surface area contributed by atoms with Crippen LogP contribution in [-0.2, 0) is 29.1 Å². The molecule has 0 amide bonds. The summed E-state index contributed by atoms with van der Waals surface area (Å²) >= 11 is 5.95. The van der Waals surface area contributed by atoms with Crippen molar-refractivity contribution in [3.05, 3.63) is 87.7 Å². The van der Waals surface area contributed by atoms with Crippen LogP contribution in [0.4, 0.5) is 10.1 Å². The Morgan fingerprint density at radius 2 is 1.58 bits per heavy atom. The number of rotatable bonds is 5. The zero-order valence-electron chi connectivity index (χ0n) is 19.1. The molecule has 0 spiro atoms. The summed E-state index contributed by atoms with van der Waals surface area (Å²) < 4.78 is 40.9. The highest BCUT2D eigenvalue weighted by atomic mass is 35.5. The molecule has 1 heterocycles. The van der Waals surface area contributed by atoms with Crippen molar-refractivity contribution in [2.24, 2.45) is 0 Å². The molecule has 0 radical (unpaired) electrons. The lowest BCUT2D eigenvalue weighted by Crippen LogP contribution is -2.20. The number of hydrogen-bond acceptors (Lipinski definition) is 4. The second-order valence-electron chi connectivity index (χ2n) is 8.89. The van der Waals surface area contributed by atoms with Gasteiger partial charge in [-0.25, -0.2) is 12.8 Å². The smallest absolute Gasteiger partial charge is 0.208 e. The van der Waals surface area contributed by atoms with E-state index in [9.17, 15) is 12.8 Å². The van der Waals surface area contributed by atoms with Crippen LogP contribution in [0.25, 0.3) is 0 Å². The average Bonchev–Trinajstić information content (AvgIpc) is 2.93. The summed E-state index contributed by atoms with van der Waals surface area (Å²) in [7, 11) is 2.12. The average molecular weight is 487 g/mol. The van der Waals surface area contributed by atoms with Gasteiger partial charge in [0.15, 0.2) is 0 Å². The van der Waals surface area contributed by atoms with Gasteiger partial charge in [0.2, 0.25) is 9.84 Å². The van der Waals surface area contributed by atoms with Gasteiger partial charge < -0.3 is 9.80 Å². The molecule has 0 fully saturated rings. The molecule has 0 atom stereocenters. The fraction of sp³-hybridized carbons (Fsp3) is 0.308. The molecule has 3 aromatic carbocycles. The Morgan fingerprint density at radius 1 is 0.939 bits per heavy atom. The molecule has 0 aromatic heterocycles. The van der Waals surface area contributed by atoms with E-state index in [0.717, 1.165) is 42.6 Å². The molecule has 1 aliphatic heterocycles. The van der Waals surface area contributed by atoms with Crippen LogP contribution in [0.15, 0.2) is 64.4 Å². The summed E-state index contributed by atoms with van der Waals surface area (Å²) in [6.45, 7) is 1.87. The van der Waals surface area contributed by atoms with Crippen LogP contribution in [0, 0.1) is 5.82 Å². The van der Waals surface area contributed by atoms with E-state index in [1.807, 2.05) is 31.1 Å². The second kappa shape index (κ2) is 9.45. The van der Waals surface area contributed by atoms with Gasteiger partial charge in [-0.3, -0.25) is 0 Å². The van der Waals surface area contributed by atoms with Crippen LogP contribution in [0.2, 0.25) is 5.02 Å². The lowest BCUT2D eigenvalue weighted by atomic mass is 10.0.